The third-order valence-electron chi connectivity index (χ3n) is 3.32. The normalized spacial score (nSPS) is 18.3. The van der Waals surface area contributed by atoms with Crippen molar-refractivity contribution in [2.24, 2.45) is 0 Å². The van der Waals surface area contributed by atoms with Gasteiger partial charge in [0.05, 0.1) is 12.8 Å². The number of carbonyl (C=O) groups is 1. The van der Waals surface area contributed by atoms with Gasteiger partial charge in [0.25, 0.3) is 0 Å². The Bertz CT molecular complexity index is 445. The van der Waals surface area contributed by atoms with E-state index in [0.29, 0.717) is 28.9 Å². The van der Waals surface area contributed by atoms with Crippen LogP contribution in [-0.2, 0) is 4.79 Å². The van der Waals surface area contributed by atoms with Crippen molar-refractivity contribution in [3.63, 3.8) is 0 Å². The number of rotatable bonds is 5. The Morgan fingerprint density at radius 2 is 2.42 bits per heavy atom. The molecule has 0 aromatic heterocycles. The second-order valence-corrected chi connectivity index (χ2v) is 5.16. The highest BCUT2D eigenvalue weighted by molar-refractivity contribution is 6.31. The van der Waals surface area contributed by atoms with Crippen molar-refractivity contribution in [1.29, 1.82) is 0 Å². The smallest absolute Gasteiger partial charge is 0.224 e. The Kier molecular flexibility index (Phi) is 5.05. The van der Waals surface area contributed by atoms with E-state index in [1.165, 1.54) is 6.42 Å². The summed E-state index contributed by atoms with van der Waals surface area (Å²) in [5.41, 5.74) is 0.624. The third-order valence-corrected chi connectivity index (χ3v) is 3.55. The molecule has 0 spiro atoms. The van der Waals surface area contributed by atoms with Gasteiger partial charge < -0.3 is 15.4 Å². The van der Waals surface area contributed by atoms with Crippen LogP contribution in [0.3, 0.4) is 0 Å². The fourth-order valence-corrected chi connectivity index (χ4v) is 2.47. The van der Waals surface area contributed by atoms with E-state index in [4.69, 9.17) is 16.3 Å². The van der Waals surface area contributed by atoms with Crippen molar-refractivity contribution in [3.05, 3.63) is 23.2 Å². The second-order valence-electron chi connectivity index (χ2n) is 4.72. The first-order chi connectivity index (χ1) is 9.19. The number of hydrogen-bond donors (Lipinski definition) is 2. The molecular formula is C14H19ClN2O2. The van der Waals surface area contributed by atoms with Gasteiger partial charge in [0.2, 0.25) is 5.91 Å². The molecule has 1 aromatic rings. The average molecular weight is 283 g/mol. The summed E-state index contributed by atoms with van der Waals surface area (Å²) < 4.78 is 5.19. The summed E-state index contributed by atoms with van der Waals surface area (Å²) in [6.07, 6.45) is 3.74. The number of anilines is 1. The van der Waals surface area contributed by atoms with Gasteiger partial charge >= 0.3 is 0 Å². The van der Waals surface area contributed by atoms with Crippen molar-refractivity contribution in [2.45, 2.75) is 31.7 Å². The second kappa shape index (κ2) is 6.78. The van der Waals surface area contributed by atoms with E-state index < -0.39 is 0 Å². The lowest BCUT2D eigenvalue weighted by Crippen LogP contribution is -2.23. The average Bonchev–Trinajstić information content (AvgIpc) is 2.90. The molecule has 0 bridgehead atoms. The van der Waals surface area contributed by atoms with Crippen LogP contribution in [0, 0.1) is 0 Å². The van der Waals surface area contributed by atoms with E-state index in [0.717, 1.165) is 19.4 Å². The first-order valence-electron chi connectivity index (χ1n) is 6.56. The molecular weight excluding hydrogens is 264 g/mol. The number of carbonyl (C=O) groups excluding carboxylic acids is 1. The van der Waals surface area contributed by atoms with Gasteiger partial charge in [-0.15, -0.1) is 0 Å². The Hall–Kier alpha value is -1.26. The highest BCUT2D eigenvalue weighted by atomic mass is 35.5. The molecule has 0 saturated carbocycles. The molecule has 0 aliphatic carbocycles. The molecule has 19 heavy (non-hydrogen) atoms. The minimum atomic E-state index is -0.00531. The third kappa shape index (κ3) is 4.11. The quantitative estimate of drug-likeness (QED) is 0.873. The molecule has 1 fully saturated rings. The minimum absolute atomic E-state index is 0.00531. The fraction of sp³-hybridized carbons (Fsp3) is 0.500. The van der Waals surface area contributed by atoms with Gasteiger partial charge in [0.1, 0.15) is 5.75 Å². The molecule has 1 aliphatic rings. The fourth-order valence-electron chi connectivity index (χ4n) is 2.30. The van der Waals surface area contributed by atoms with Gasteiger partial charge in [-0.3, -0.25) is 4.79 Å². The first kappa shape index (κ1) is 14.2. The maximum atomic E-state index is 11.9. The van der Waals surface area contributed by atoms with Crippen molar-refractivity contribution < 1.29 is 9.53 Å². The number of ether oxygens (including phenoxy) is 1. The molecule has 2 N–H and O–H groups in total. The lowest BCUT2D eigenvalue weighted by molar-refractivity contribution is -0.116. The van der Waals surface area contributed by atoms with Crippen LogP contribution in [-0.4, -0.2) is 25.6 Å². The number of hydrogen-bond acceptors (Lipinski definition) is 3. The van der Waals surface area contributed by atoms with Crippen LogP contribution in [0.1, 0.15) is 25.7 Å². The molecule has 1 amide bonds. The largest absolute Gasteiger partial charge is 0.495 e. The summed E-state index contributed by atoms with van der Waals surface area (Å²) in [6, 6.07) is 5.66. The van der Waals surface area contributed by atoms with Crippen LogP contribution in [0.5, 0.6) is 5.75 Å². The van der Waals surface area contributed by atoms with Crippen LogP contribution < -0.4 is 15.4 Å². The van der Waals surface area contributed by atoms with E-state index in [9.17, 15) is 4.79 Å². The number of nitrogens with one attached hydrogen (secondary N) is 2. The molecule has 4 nitrogen and oxygen atoms in total. The maximum Gasteiger partial charge on any atom is 0.224 e. The molecule has 1 saturated heterocycles. The van der Waals surface area contributed by atoms with E-state index in [1.54, 1.807) is 25.3 Å². The molecule has 1 unspecified atom stereocenters. The Balaban J connectivity index is 1.88. The molecule has 1 aliphatic heterocycles. The summed E-state index contributed by atoms with van der Waals surface area (Å²) in [4.78, 5) is 11.9. The van der Waals surface area contributed by atoms with Crippen LogP contribution in [0.25, 0.3) is 0 Å². The topological polar surface area (TPSA) is 50.4 Å². The number of methoxy groups -OCH3 is 1. The number of benzene rings is 1. The summed E-state index contributed by atoms with van der Waals surface area (Å²) in [6.45, 7) is 1.06. The van der Waals surface area contributed by atoms with E-state index in [2.05, 4.69) is 10.6 Å². The summed E-state index contributed by atoms with van der Waals surface area (Å²) in [5, 5.41) is 6.81. The van der Waals surface area contributed by atoms with E-state index in [-0.39, 0.29) is 5.91 Å². The Morgan fingerprint density at radius 1 is 1.58 bits per heavy atom. The van der Waals surface area contributed by atoms with E-state index >= 15 is 0 Å². The zero-order chi connectivity index (χ0) is 13.7. The van der Waals surface area contributed by atoms with Crippen LogP contribution in [0.4, 0.5) is 5.69 Å². The van der Waals surface area contributed by atoms with Gasteiger partial charge in [0, 0.05) is 17.5 Å². The van der Waals surface area contributed by atoms with Gasteiger partial charge in [-0.25, -0.2) is 0 Å². The van der Waals surface area contributed by atoms with Crippen LogP contribution in [0.2, 0.25) is 5.02 Å². The predicted molar refractivity (Wildman–Crippen MR) is 76.9 cm³/mol. The lowest BCUT2D eigenvalue weighted by Gasteiger charge is -2.12. The van der Waals surface area contributed by atoms with Crippen LogP contribution >= 0.6 is 11.6 Å². The Labute approximate surface area is 118 Å². The molecule has 1 heterocycles. The molecule has 5 heteroatoms. The molecule has 1 aromatic carbocycles. The number of amides is 1. The SMILES string of the molecule is COc1ccc(Cl)cc1NC(=O)CCC1CCCN1. The predicted octanol–water partition coefficient (Wildman–Crippen LogP) is 2.82. The van der Waals surface area contributed by atoms with Crippen molar-refractivity contribution in [2.75, 3.05) is 19.0 Å². The lowest BCUT2D eigenvalue weighted by atomic mass is 10.1. The zero-order valence-electron chi connectivity index (χ0n) is 11.0. The van der Waals surface area contributed by atoms with Gasteiger partial charge in [-0.1, -0.05) is 11.6 Å². The molecule has 0 radical (unpaired) electrons. The van der Waals surface area contributed by atoms with Gasteiger partial charge in [-0.05, 0) is 44.0 Å². The standard InChI is InChI=1S/C14H19ClN2O2/c1-19-13-6-4-10(15)9-12(13)17-14(18)7-5-11-3-2-8-16-11/h4,6,9,11,16H,2-3,5,7-8H2,1H3,(H,17,18). The van der Waals surface area contributed by atoms with Crippen LogP contribution in [0.15, 0.2) is 18.2 Å². The highest BCUT2D eigenvalue weighted by Gasteiger charge is 2.16. The van der Waals surface area contributed by atoms with Crippen molar-refractivity contribution in [3.8, 4) is 5.75 Å². The minimum Gasteiger partial charge on any atom is -0.495 e. The molecule has 104 valence electrons. The van der Waals surface area contributed by atoms with E-state index in [1.807, 2.05) is 0 Å². The summed E-state index contributed by atoms with van der Waals surface area (Å²) >= 11 is 5.92. The zero-order valence-corrected chi connectivity index (χ0v) is 11.8. The molecule has 1 atom stereocenters. The Morgan fingerprint density at radius 3 is 3.11 bits per heavy atom. The van der Waals surface area contributed by atoms with Gasteiger partial charge in [0.15, 0.2) is 0 Å². The van der Waals surface area contributed by atoms with Gasteiger partial charge in [-0.2, -0.15) is 0 Å². The molecule has 2 rings (SSSR count). The summed E-state index contributed by atoms with van der Waals surface area (Å²) in [7, 11) is 1.57. The maximum absolute atomic E-state index is 11.9. The first-order valence-corrected chi connectivity index (χ1v) is 6.93. The van der Waals surface area contributed by atoms with Crippen molar-refractivity contribution in [1.82, 2.24) is 5.32 Å². The van der Waals surface area contributed by atoms with Crippen molar-refractivity contribution >= 4 is 23.2 Å². The monoisotopic (exact) mass is 282 g/mol. The number of halogens is 1. The summed E-state index contributed by atoms with van der Waals surface area (Å²) in [5.74, 6) is 0.617. The highest BCUT2D eigenvalue weighted by Crippen LogP contribution is 2.27.